The largest absolute Gasteiger partial charge is 0.385 e. The van der Waals surface area contributed by atoms with E-state index in [4.69, 9.17) is 22.1 Å². The van der Waals surface area contributed by atoms with Crippen LogP contribution >= 0.6 is 11.6 Å². The maximum Gasteiger partial charge on any atom is 0.182 e. The van der Waals surface area contributed by atoms with Crippen molar-refractivity contribution in [1.29, 1.82) is 0 Å². The van der Waals surface area contributed by atoms with Crippen LogP contribution in [0.4, 0.5) is 4.39 Å². The van der Waals surface area contributed by atoms with Gasteiger partial charge in [-0.2, -0.15) is 0 Å². The Balaban J connectivity index is 2.68. The predicted octanol–water partition coefficient (Wildman–Crippen LogP) is 2.42. The fourth-order valence-corrected chi connectivity index (χ4v) is 1.63. The molecule has 0 bridgehead atoms. The Morgan fingerprint density at radius 3 is 2.88 bits per heavy atom. The SMILES string of the molecule is COCCCC(N)C(=O)c1ccc(Cl)cc1F. The molecule has 0 aliphatic heterocycles. The first-order valence-corrected chi connectivity index (χ1v) is 5.68. The van der Waals surface area contributed by atoms with Gasteiger partial charge < -0.3 is 10.5 Å². The Bertz CT molecular complexity index is 398. The van der Waals surface area contributed by atoms with Crippen LogP contribution in [0, 0.1) is 5.82 Å². The van der Waals surface area contributed by atoms with Crippen molar-refractivity contribution in [3.8, 4) is 0 Å². The van der Waals surface area contributed by atoms with E-state index in [0.29, 0.717) is 19.4 Å². The lowest BCUT2D eigenvalue weighted by molar-refractivity contribution is 0.0946. The second kappa shape index (κ2) is 6.69. The molecule has 0 aromatic heterocycles. The molecule has 0 saturated carbocycles. The van der Waals surface area contributed by atoms with Crippen LogP contribution in [-0.2, 0) is 4.74 Å². The molecule has 1 aromatic carbocycles. The molecule has 0 radical (unpaired) electrons. The Morgan fingerprint density at radius 1 is 1.59 bits per heavy atom. The molecule has 0 spiro atoms. The molecule has 1 atom stereocenters. The number of ketones is 1. The molecule has 2 N–H and O–H groups in total. The third-order valence-corrected chi connectivity index (χ3v) is 2.63. The summed E-state index contributed by atoms with van der Waals surface area (Å²) in [5.41, 5.74) is 5.68. The minimum absolute atomic E-state index is 0.0145. The van der Waals surface area contributed by atoms with Crippen molar-refractivity contribution in [2.45, 2.75) is 18.9 Å². The van der Waals surface area contributed by atoms with Crippen LogP contribution < -0.4 is 5.73 Å². The summed E-state index contributed by atoms with van der Waals surface area (Å²) < 4.78 is 18.3. The van der Waals surface area contributed by atoms with Gasteiger partial charge in [0.15, 0.2) is 5.78 Å². The van der Waals surface area contributed by atoms with E-state index in [1.54, 1.807) is 7.11 Å². The molecule has 0 amide bonds. The van der Waals surface area contributed by atoms with Gasteiger partial charge in [0.2, 0.25) is 0 Å². The highest BCUT2D eigenvalue weighted by Crippen LogP contribution is 2.16. The van der Waals surface area contributed by atoms with E-state index in [9.17, 15) is 9.18 Å². The van der Waals surface area contributed by atoms with E-state index >= 15 is 0 Å². The molecule has 0 heterocycles. The number of hydrogen-bond donors (Lipinski definition) is 1. The number of hydrogen-bond acceptors (Lipinski definition) is 3. The molecule has 1 unspecified atom stereocenters. The van der Waals surface area contributed by atoms with Gasteiger partial charge in [-0.25, -0.2) is 4.39 Å². The van der Waals surface area contributed by atoms with Gasteiger partial charge in [-0.15, -0.1) is 0 Å². The molecular formula is C12H15ClFNO2. The number of carbonyl (C=O) groups excluding carboxylic acids is 1. The molecule has 0 saturated heterocycles. The van der Waals surface area contributed by atoms with Crippen LogP contribution in [0.3, 0.4) is 0 Å². The molecule has 94 valence electrons. The molecule has 0 aliphatic carbocycles. The molecule has 0 aliphatic rings. The maximum absolute atomic E-state index is 13.5. The number of carbonyl (C=O) groups is 1. The average molecular weight is 260 g/mol. The van der Waals surface area contributed by atoms with Gasteiger partial charge in [-0.1, -0.05) is 11.6 Å². The predicted molar refractivity (Wildman–Crippen MR) is 64.8 cm³/mol. The lowest BCUT2D eigenvalue weighted by Crippen LogP contribution is -2.31. The van der Waals surface area contributed by atoms with Crippen LogP contribution in [0.5, 0.6) is 0 Å². The molecule has 3 nitrogen and oxygen atoms in total. The summed E-state index contributed by atoms with van der Waals surface area (Å²) in [6.07, 6.45) is 1.13. The summed E-state index contributed by atoms with van der Waals surface area (Å²) in [5.74, 6) is -1.04. The molecule has 1 rings (SSSR count). The van der Waals surface area contributed by atoms with Crippen LogP contribution in [0.15, 0.2) is 18.2 Å². The van der Waals surface area contributed by atoms with Crippen LogP contribution in [0.1, 0.15) is 23.2 Å². The lowest BCUT2D eigenvalue weighted by atomic mass is 10.0. The van der Waals surface area contributed by atoms with E-state index in [-0.39, 0.29) is 10.6 Å². The average Bonchev–Trinajstić information content (AvgIpc) is 2.28. The van der Waals surface area contributed by atoms with E-state index in [1.165, 1.54) is 12.1 Å². The zero-order valence-corrected chi connectivity index (χ0v) is 10.3. The van der Waals surface area contributed by atoms with Crippen molar-refractivity contribution in [2.75, 3.05) is 13.7 Å². The Kier molecular flexibility index (Phi) is 5.55. The van der Waals surface area contributed by atoms with Gasteiger partial charge >= 0.3 is 0 Å². The highest BCUT2D eigenvalue weighted by atomic mass is 35.5. The molecule has 17 heavy (non-hydrogen) atoms. The Morgan fingerprint density at radius 2 is 2.29 bits per heavy atom. The maximum atomic E-state index is 13.5. The monoisotopic (exact) mass is 259 g/mol. The van der Waals surface area contributed by atoms with E-state index in [2.05, 4.69) is 0 Å². The van der Waals surface area contributed by atoms with Gasteiger partial charge in [0.1, 0.15) is 5.82 Å². The number of rotatable bonds is 6. The first kappa shape index (κ1) is 14.1. The van der Waals surface area contributed by atoms with Crippen LogP contribution in [0.25, 0.3) is 0 Å². The van der Waals surface area contributed by atoms with E-state index in [0.717, 1.165) is 6.07 Å². The standard InChI is InChI=1S/C12H15ClFNO2/c1-17-6-2-3-11(15)12(16)9-5-4-8(13)7-10(9)14/h4-5,7,11H,2-3,6,15H2,1H3. The van der Waals surface area contributed by atoms with Gasteiger partial charge in [0.25, 0.3) is 0 Å². The van der Waals surface area contributed by atoms with Crippen molar-refractivity contribution in [3.63, 3.8) is 0 Å². The number of benzene rings is 1. The smallest absolute Gasteiger partial charge is 0.182 e. The Hall–Kier alpha value is -0.970. The van der Waals surface area contributed by atoms with Crippen LogP contribution in [0.2, 0.25) is 5.02 Å². The number of Topliss-reactive ketones (excluding diaryl/α,β-unsaturated/α-hetero) is 1. The summed E-state index contributed by atoms with van der Waals surface area (Å²) in [6, 6.07) is 3.23. The van der Waals surface area contributed by atoms with Crippen molar-refractivity contribution in [1.82, 2.24) is 0 Å². The zero-order chi connectivity index (χ0) is 12.8. The first-order chi connectivity index (χ1) is 8.06. The second-order valence-electron chi connectivity index (χ2n) is 3.73. The fourth-order valence-electron chi connectivity index (χ4n) is 1.47. The molecule has 5 heteroatoms. The third-order valence-electron chi connectivity index (χ3n) is 2.40. The number of halogens is 2. The topological polar surface area (TPSA) is 52.3 Å². The van der Waals surface area contributed by atoms with Crippen molar-refractivity contribution in [3.05, 3.63) is 34.6 Å². The van der Waals surface area contributed by atoms with Crippen molar-refractivity contribution in [2.24, 2.45) is 5.73 Å². The second-order valence-corrected chi connectivity index (χ2v) is 4.17. The zero-order valence-electron chi connectivity index (χ0n) is 9.58. The summed E-state index contributed by atoms with van der Waals surface area (Å²) in [7, 11) is 1.58. The summed E-state index contributed by atoms with van der Waals surface area (Å²) in [4.78, 5) is 11.8. The number of nitrogens with two attached hydrogens (primary N) is 1. The van der Waals surface area contributed by atoms with Gasteiger partial charge in [0.05, 0.1) is 11.6 Å². The Labute approximate surface area is 105 Å². The summed E-state index contributed by atoms with van der Waals surface area (Å²) in [6.45, 7) is 0.532. The van der Waals surface area contributed by atoms with Gasteiger partial charge in [-0.05, 0) is 31.0 Å². The molecular weight excluding hydrogens is 245 g/mol. The van der Waals surface area contributed by atoms with Crippen molar-refractivity contribution < 1.29 is 13.9 Å². The highest BCUT2D eigenvalue weighted by Gasteiger charge is 2.18. The highest BCUT2D eigenvalue weighted by molar-refractivity contribution is 6.30. The van der Waals surface area contributed by atoms with Gasteiger partial charge in [-0.3, -0.25) is 4.79 Å². The normalized spacial score (nSPS) is 12.5. The quantitative estimate of drug-likeness (QED) is 0.631. The third kappa shape index (κ3) is 4.07. The fraction of sp³-hybridized carbons (Fsp3) is 0.417. The number of methoxy groups -OCH3 is 1. The lowest BCUT2D eigenvalue weighted by Gasteiger charge is -2.10. The minimum atomic E-state index is -0.708. The summed E-state index contributed by atoms with van der Waals surface area (Å²) >= 11 is 5.60. The molecule has 0 fully saturated rings. The number of ether oxygens (including phenoxy) is 1. The van der Waals surface area contributed by atoms with Crippen LogP contribution in [-0.4, -0.2) is 25.5 Å². The van der Waals surface area contributed by atoms with E-state index in [1.807, 2.05) is 0 Å². The first-order valence-electron chi connectivity index (χ1n) is 5.30. The van der Waals surface area contributed by atoms with Crippen molar-refractivity contribution >= 4 is 17.4 Å². The summed E-state index contributed by atoms with van der Waals surface area (Å²) in [5, 5.41) is 0.256. The molecule has 1 aromatic rings. The van der Waals surface area contributed by atoms with E-state index < -0.39 is 17.6 Å². The van der Waals surface area contributed by atoms with Gasteiger partial charge in [0, 0.05) is 18.7 Å². The minimum Gasteiger partial charge on any atom is -0.385 e.